The molecule has 0 spiro atoms. The van der Waals surface area contributed by atoms with Gasteiger partial charge in [0.1, 0.15) is 22.1 Å². The van der Waals surface area contributed by atoms with Crippen molar-refractivity contribution in [2.24, 2.45) is 0 Å². The van der Waals surface area contributed by atoms with E-state index in [-0.39, 0.29) is 0 Å². The predicted octanol–water partition coefficient (Wildman–Crippen LogP) is 7.13. The minimum absolute atomic E-state index is 0.876. The second kappa shape index (κ2) is 8.08. The second-order valence-corrected chi connectivity index (χ2v) is 9.46. The lowest BCUT2D eigenvalue weighted by Crippen LogP contribution is -2.00. The van der Waals surface area contributed by atoms with Crippen molar-refractivity contribution in [3.63, 3.8) is 0 Å². The van der Waals surface area contributed by atoms with Gasteiger partial charge in [-0.05, 0) is 81.2 Å². The molecular weight excluding hydrogens is 468 g/mol. The molecule has 0 amide bonds. The van der Waals surface area contributed by atoms with Crippen molar-refractivity contribution < 1.29 is 0 Å². The summed E-state index contributed by atoms with van der Waals surface area (Å²) in [6.07, 6.45) is 0. The third-order valence-corrected chi connectivity index (χ3v) is 6.98. The van der Waals surface area contributed by atoms with Crippen LogP contribution in [0.4, 0.5) is 0 Å². The molecule has 2 heterocycles. The molecule has 0 atom stereocenters. The Kier molecular flexibility index (Phi) is 4.42. The van der Waals surface area contributed by atoms with Crippen molar-refractivity contribution in [3.8, 4) is 22.5 Å². The Morgan fingerprint density at radius 2 is 0.684 bits per heavy atom. The van der Waals surface area contributed by atoms with Crippen LogP contribution >= 0.6 is 0 Å². The van der Waals surface area contributed by atoms with Crippen molar-refractivity contribution in [2.45, 2.75) is 0 Å². The fourth-order valence-corrected chi connectivity index (χ4v) is 5.06. The molecule has 8 rings (SSSR count). The van der Waals surface area contributed by atoms with Crippen LogP contribution in [0.25, 0.3) is 66.1 Å². The van der Waals surface area contributed by atoms with Crippen LogP contribution in [0.1, 0.15) is 0 Å². The van der Waals surface area contributed by atoms with E-state index in [1.807, 2.05) is 48.5 Å². The molecule has 0 fully saturated rings. The summed E-state index contributed by atoms with van der Waals surface area (Å²) in [5.41, 5.74) is 7.45. The molecule has 6 aromatic carbocycles. The maximum absolute atomic E-state index is 4.76. The van der Waals surface area contributed by atoms with Crippen molar-refractivity contribution in [1.29, 1.82) is 0 Å². The van der Waals surface area contributed by atoms with Gasteiger partial charge in [0.15, 0.2) is 0 Å². The highest BCUT2D eigenvalue weighted by Gasteiger charge is 2.10. The second-order valence-electron chi connectivity index (χ2n) is 9.46. The quantitative estimate of drug-likeness (QED) is 0.265. The molecule has 0 saturated carbocycles. The smallest absolute Gasteiger partial charge is 0.114 e. The first kappa shape index (κ1) is 20.8. The molecule has 0 aliphatic rings. The third-order valence-electron chi connectivity index (χ3n) is 6.98. The van der Waals surface area contributed by atoms with Crippen LogP contribution in [-0.4, -0.2) is 30.0 Å². The van der Waals surface area contributed by atoms with Crippen LogP contribution in [0.3, 0.4) is 0 Å². The SMILES string of the molecule is c1cc(-c2cccc(-n3nc4cc5ccccc5cc4n3)c2)cc(-n2nc3cc4ccccc4cc3n2)c1. The first-order valence-electron chi connectivity index (χ1n) is 12.5. The Morgan fingerprint density at radius 1 is 0.342 bits per heavy atom. The Balaban J connectivity index is 1.18. The molecule has 0 radical (unpaired) electrons. The van der Waals surface area contributed by atoms with E-state index in [2.05, 4.69) is 72.8 Å². The van der Waals surface area contributed by atoms with Crippen molar-refractivity contribution >= 4 is 43.6 Å². The van der Waals surface area contributed by atoms with Gasteiger partial charge in [-0.3, -0.25) is 0 Å². The molecule has 0 aliphatic carbocycles. The van der Waals surface area contributed by atoms with Crippen molar-refractivity contribution in [2.75, 3.05) is 0 Å². The van der Waals surface area contributed by atoms with Crippen LogP contribution in [0.15, 0.2) is 121 Å². The zero-order chi connectivity index (χ0) is 25.1. The normalized spacial score (nSPS) is 11.7. The topological polar surface area (TPSA) is 61.4 Å². The summed E-state index contributed by atoms with van der Waals surface area (Å²) in [6, 6.07) is 41.4. The van der Waals surface area contributed by atoms with Crippen LogP contribution < -0.4 is 0 Å². The fourth-order valence-electron chi connectivity index (χ4n) is 5.06. The summed E-state index contributed by atoms with van der Waals surface area (Å²) >= 11 is 0. The first-order chi connectivity index (χ1) is 18.8. The molecule has 178 valence electrons. The Hall–Kier alpha value is -5.36. The van der Waals surface area contributed by atoms with E-state index >= 15 is 0 Å². The molecule has 0 bridgehead atoms. The van der Waals surface area contributed by atoms with Gasteiger partial charge in [0.05, 0.1) is 11.4 Å². The molecule has 0 aliphatic heterocycles. The van der Waals surface area contributed by atoms with Crippen LogP contribution in [0.2, 0.25) is 0 Å². The van der Waals surface area contributed by atoms with E-state index in [0.717, 1.165) is 66.1 Å². The number of nitrogens with zero attached hydrogens (tertiary/aromatic N) is 6. The average Bonchev–Trinajstić information content (AvgIpc) is 3.58. The summed E-state index contributed by atoms with van der Waals surface area (Å²) in [5, 5.41) is 23.7. The predicted molar refractivity (Wildman–Crippen MR) is 152 cm³/mol. The van der Waals surface area contributed by atoms with Crippen molar-refractivity contribution in [1.82, 2.24) is 30.0 Å². The van der Waals surface area contributed by atoms with E-state index in [1.165, 1.54) is 0 Å². The minimum Gasteiger partial charge on any atom is -0.150 e. The summed E-state index contributed by atoms with van der Waals surface area (Å²) in [4.78, 5) is 3.42. The Bertz CT molecular complexity index is 1890. The summed E-state index contributed by atoms with van der Waals surface area (Å²) in [7, 11) is 0. The van der Waals surface area contributed by atoms with Gasteiger partial charge >= 0.3 is 0 Å². The molecule has 0 saturated heterocycles. The van der Waals surface area contributed by atoms with Gasteiger partial charge in [-0.15, -0.1) is 20.4 Å². The van der Waals surface area contributed by atoms with Gasteiger partial charge in [0.2, 0.25) is 0 Å². The van der Waals surface area contributed by atoms with Gasteiger partial charge in [-0.2, -0.15) is 9.59 Å². The molecule has 6 heteroatoms. The van der Waals surface area contributed by atoms with Crippen LogP contribution in [0, 0.1) is 0 Å². The first-order valence-corrected chi connectivity index (χ1v) is 12.5. The zero-order valence-corrected chi connectivity index (χ0v) is 20.2. The fraction of sp³-hybridized carbons (Fsp3) is 0. The molecular formula is C32H20N6. The lowest BCUT2D eigenvalue weighted by Gasteiger charge is -2.07. The Morgan fingerprint density at radius 3 is 1.03 bits per heavy atom. The van der Waals surface area contributed by atoms with Gasteiger partial charge in [0.25, 0.3) is 0 Å². The van der Waals surface area contributed by atoms with Gasteiger partial charge in [-0.25, -0.2) is 0 Å². The molecule has 8 aromatic rings. The number of benzene rings is 6. The Labute approximate surface area is 217 Å². The maximum atomic E-state index is 4.76. The van der Waals surface area contributed by atoms with E-state index in [4.69, 9.17) is 20.4 Å². The highest BCUT2D eigenvalue weighted by molar-refractivity contribution is 5.95. The summed E-state index contributed by atoms with van der Waals surface area (Å²) in [5.74, 6) is 0. The lowest BCUT2D eigenvalue weighted by molar-refractivity contribution is 0.765. The van der Waals surface area contributed by atoms with Gasteiger partial charge in [0, 0.05) is 0 Å². The largest absolute Gasteiger partial charge is 0.150 e. The lowest BCUT2D eigenvalue weighted by atomic mass is 10.0. The highest BCUT2D eigenvalue weighted by atomic mass is 15.5. The summed E-state index contributed by atoms with van der Waals surface area (Å²) < 4.78 is 0. The summed E-state index contributed by atoms with van der Waals surface area (Å²) in [6.45, 7) is 0. The van der Waals surface area contributed by atoms with E-state index in [1.54, 1.807) is 9.59 Å². The molecule has 2 aromatic heterocycles. The standard InChI is InChI=1S/C32H20N6/c1-2-8-24-18-30-29(17-23(24)7-1)33-37(34-30)27-13-5-11-21(15-27)22-12-6-14-28(16-22)38-35-31-19-25-9-3-4-10-26(25)20-32(31)36-38/h1-20H. The molecule has 0 N–H and O–H groups in total. The number of rotatable bonds is 3. The van der Waals surface area contributed by atoms with Crippen molar-refractivity contribution in [3.05, 3.63) is 121 Å². The van der Waals surface area contributed by atoms with Crippen LogP contribution in [-0.2, 0) is 0 Å². The van der Waals surface area contributed by atoms with Gasteiger partial charge in [-0.1, -0.05) is 72.8 Å². The number of fused-ring (bicyclic) bond motifs is 4. The highest BCUT2D eigenvalue weighted by Crippen LogP contribution is 2.27. The number of hydrogen-bond donors (Lipinski definition) is 0. The maximum Gasteiger partial charge on any atom is 0.114 e. The monoisotopic (exact) mass is 488 g/mol. The molecule has 6 nitrogen and oxygen atoms in total. The minimum atomic E-state index is 0.876. The molecule has 0 unspecified atom stereocenters. The van der Waals surface area contributed by atoms with E-state index in [9.17, 15) is 0 Å². The average molecular weight is 489 g/mol. The van der Waals surface area contributed by atoms with E-state index < -0.39 is 0 Å². The van der Waals surface area contributed by atoms with Gasteiger partial charge < -0.3 is 0 Å². The molecule has 38 heavy (non-hydrogen) atoms. The number of aromatic nitrogens is 6. The number of hydrogen-bond acceptors (Lipinski definition) is 4. The zero-order valence-electron chi connectivity index (χ0n) is 20.2. The third kappa shape index (κ3) is 3.43. The van der Waals surface area contributed by atoms with E-state index in [0.29, 0.717) is 0 Å². The van der Waals surface area contributed by atoms with Crippen LogP contribution in [0.5, 0.6) is 0 Å².